The molecule has 4 aliphatic rings. The zero-order valence-electron chi connectivity index (χ0n) is 12.2. The van der Waals surface area contributed by atoms with E-state index in [1.165, 1.54) is 38.5 Å². The van der Waals surface area contributed by atoms with Gasteiger partial charge in [-0.05, 0) is 74.7 Å². The molecule has 0 spiro atoms. The number of rotatable bonds is 3. The van der Waals surface area contributed by atoms with Gasteiger partial charge in [0.1, 0.15) is 0 Å². The second-order valence-corrected chi connectivity index (χ2v) is 7.53. The standard InChI is InChI=1S/C17H23NO2/c1-11-2-3-20-15(11)16(19)18-10-17-7-12-4-13(8-17)6-14(5-12)9-17/h2-3,12-14H,4-10H2,1H3,(H,18,19). The summed E-state index contributed by atoms with van der Waals surface area (Å²) in [5.74, 6) is 3.24. The normalized spacial score (nSPS) is 38.1. The fraction of sp³-hybridized carbons (Fsp3) is 0.706. The average molecular weight is 273 g/mol. The van der Waals surface area contributed by atoms with Crippen LogP contribution in [0.4, 0.5) is 0 Å². The minimum atomic E-state index is -0.0387. The average Bonchev–Trinajstić information content (AvgIpc) is 2.81. The van der Waals surface area contributed by atoms with Crippen molar-refractivity contribution in [1.82, 2.24) is 5.32 Å². The monoisotopic (exact) mass is 273 g/mol. The topological polar surface area (TPSA) is 42.2 Å². The van der Waals surface area contributed by atoms with Gasteiger partial charge in [0.2, 0.25) is 0 Å². The van der Waals surface area contributed by atoms with Crippen molar-refractivity contribution in [2.75, 3.05) is 6.54 Å². The van der Waals surface area contributed by atoms with E-state index in [4.69, 9.17) is 4.42 Å². The lowest BCUT2D eigenvalue weighted by Crippen LogP contribution is -2.51. The summed E-state index contributed by atoms with van der Waals surface area (Å²) >= 11 is 0. The van der Waals surface area contributed by atoms with Crippen molar-refractivity contribution in [3.8, 4) is 0 Å². The van der Waals surface area contributed by atoms with Gasteiger partial charge in [0, 0.05) is 12.1 Å². The van der Waals surface area contributed by atoms with E-state index in [9.17, 15) is 4.79 Å². The number of amides is 1. The molecule has 108 valence electrons. The van der Waals surface area contributed by atoms with Crippen molar-refractivity contribution >= 4 is 5.91 Å². The van der Waals surface area contributed by atoms with E-state index < -0.39 is 0 Å². The molecular formula is C17H23NO2. The smallest absolute Gasteiger partial charge is 0.287 e. The SMILES string of the molecule is Cc1ccoc1C(=O)NCC12CC3CC(CC(C3)C1)C2. The van der Waals surface area contributed by atoms with E-state index >= 15 is 0 Å². The summed E-state index contributed by atoms with van der Waals surface area (Å²) in [5, 5.41) is 3.15. The Morgan fingerprint density at radius 3 is 2.35 bits per heavy atom. The Hall–Kier alpha value is -1.25. The van der Waals surface area contributed by atoms with Crippen LogP contribution in [-0.4, -0.2) is 12.5 Å². The number of carbonyl (C=O) groups is 1. The van der Waals surface area contributed by atoms with E-state index in [0.29, 0.717) is 11.2 Å². The van der Waals surface area contributed by atoms with Crippen LogP contribution >= 0.6 is 0 Å². The van der Waals surface area contributed by atoms with Crippen LogP contribution in [0.5, 0.6) is 0 Å². The Morgan fingerprint density at radius 1 is 1.25 bits per heavy atom. The summed E-state index contributed by atoms with van der Waals surface area (Å²) in [6, 6.07) is 1.85. The van der Waals surface area contributed by atoms with Crippen LogP contribution in [0.15, 0.2) is 16.7 Å². The Labute approximate surface area is 120 Å². The number of aryl methyl sites for hydroxylation is 1. The minimum Gasteiger partial charge on any atom is -0.459 e. The van der Waals surface area contributed by atoms with Gasteiger partial charge in [-0.1, -0.05) is 0 Å². The van der Waals surface area contributed by atoms with Crippen molar-refractivity contribution in [1.29, 1.82) is 0 Å². The Balaban J connectivity index is 1.45. The first-order valence-corrected chi connectivity index (χ1v) is 7.96. The van der Waals surface area contributed by atoms with Gasteiger partial charge in [-0.15, -0.1) is 0 Å². The molecule has 4 bridgehead atoms. The van der Waals surface area contributed by atoms with Gasteiger partial charge >= 0.3 is 0 Å². The van der Waals surface area contributed by atoms with Crippen LogP contribution in [0.1, 0.15) is 54.6 Å². The van der Waals surface area contributed by atoms with Crippen LogP contribution in [-0.2, 0) is 0 Å². The number of furan rings is 1. The van der Waals surface area contributed by atoms with Gasteiger partial charge < -0.3 is 9.73 Å². The van der Waals surface area contributed by atoms with Crippen molar-refractivity contribution in [3.63, 3.8) is 0 Å². The maximum absolute atomic E-state index is 12.2. The van der Waals surface area contributed by atoms with Crippen LogP contribution in [0.3, 0.4) is 0 Å². The molecule has 1 amide bonds. The molecule has 5 rings (SSSR count). The van der Waals surface area contributed by atoms with Gasteiger partial charge in [0.05, 0.1) is 6.26 Å². The summed E-state index contributed by atoms with van der Waals surface area (Å²) in [4.78, 5) is 12.2. The summed E-state index contributed by atoms with van der Waals surface area (Å²) in [7, 11) is 0. The maximum Gasteiger partial charge on any atom is 0.287 e. The molecule has 0 aromatic carbocycles. The first-order valence-electron chi connectivity index (χ1n) is 7.96. The van der Waals surface area contributed by atoms with Crippen LogP contribution in [0, 0.1) is 30.1 Å². The highest BCUT2D eigenvalue weighted by atomic mass is 16.3. The molecule has 4 saturated carbocycles. The Morgan fingerprint density at radius 2 is 1.85 bits per heavy atom. The zero-order valence-corrected chi connectivity index (χ0v) is 12.2. The van der Waals surface area contributed by atoms with Gasteiger partial charge in [0.25, 0.3) is 5.91 Å². The molecule has 0 radical (unpaired) electrons. The molecule has 1 heterocycles. The summed E-state index contributed by atoms with van der Waals surface area (Å²) < 4.78 is 5.29. The van der Waals surface area contributed by atoms with Crippen molar-refractivity contribution in [3.05, 3.63) is 23.7 Å². The molecule has 1 aromatic heterocycles. The van der Waals surface area contributed by atoms with E-state index in [1.54, 1.807) is 6.26 Å². The number of carbonyl (C=O) groups excluding carboxylic acids is 1. The van der Waals surface area contributed by atoms with Gasteiger partial charge in [0.15, 0.2) is 5.76 Å². The highest BCUT2D eigenvalue weighted by Gasteiger charge is 2.50. The lowest BCUT2D eigenvalue weighted by molar-refractivity contribution is -0.0504. The molecule has 4 aliphatic carbocycles. The molecule has 0 saturated heterocycles. The predicted octanol–water partition coefficient (Wildman–Crippen LogP) is 3.53. The highest BCUT2D eigenvalue weighted by Crippen LogP contribution is 2.59. The van der Waals surface area contributed by atoms with Gasteiger partial charge in [-0.2, -0.15) is 0 Å². The van der Waals surface area contributed by atoms with Crippen LogP contribution in [0.2, 0.25) is 0 Å². The molecule has 20 heavy (non-hydrogen) atoms. The predicted molar refractivity (Wildman–Crippen MR) is 76.4 cm³/mol. The molecule has 3 nitrogen and oxygen atoms in total. The second-order valence-electron chi connectivity index (χ2n) is 7.53. The van der Waals surface area contributed by atoms with E-state index in [1.807, 2.05) is 13.0 Å². The molecule has 0 unspecified atom stereocenters. The first-order chi connectivity index (χ1) is 9.63. The highest BCUT2D eigenvalue weighted by molar-refractivity contribution is 5.92. The van der Waals surface area contributed by atoms with Crippen molar-refractivity contribution in [2.45, 2.75) is 45.4 Å². The van der Waals surface area contributed by atoms with Crippen molar-refractivity contribution < 1.29 is 9.21 Å². The first kappa shape index (κ1) is 12.5. The third-order valence-electron chi connectivity index (χ3n) is 5.86. The molecule has 4 fully saturated rings. The number of hydrogen-bond donors (Lipinski definition) is 1. The fourth-order valence-electron chi connectivity index (χ4n) is 5.46. The van der Waals surface area contributed by atoms with Crippen molar-refractivity contribution in [2.24, 2.45) is 23.2 Å². The Kier molecular flexibility index (Phi) is 2.73. The maximum atomic E-state index is 12.2. The molecule has 0 atom stereocenters. The molecule has 1 N–H and O–H groups in total. The summed E-state index contributed by atoms with van der Waals surface area (Å²) in [5.41, 5.74) is 1.32. The van der Waals surface area contributed by atoms with Gasteiger partial charge in [-0.3, -0.25) is 4.79 Å². The summed E-state index contributed by atoms with van der Waals surface area (Å²) in [6.45, 7) is 2.76. The number of nitrogens with one attached hydrogen (secondary N) is 1. The fourth-order valence-corrected chi connectivity index (χ4v) is 5.46. The lowest BCUT2D eigenvalue weighted by Gasteiger charge is -2.56. The third-order valence-corrected chi connectivity index (χ3v) is 5.86. The lowest BCUT2D eigenvalue weighted by atomic mass is 9.49. The summed E-state index contributed by atoms with van der Waals surface area (Å²) in [6.07, 6.45) is 9.93. The van der Waals surface area contributed by atoms with E-state index in [0.717, 1.165) is 29.9 Å². The largest absolute Gasteiger partial charge is 0.459 e. The van der Waals surface area contributed by atoms with Crippen LogP contribution in [0.25, 0.3) is 0 Å². The van der Waals surface area contributed by atoms with E-state index in [2.05, 4.69) is 5.32 Å². The minimum absolute atomic E-state index is 0.0387. The number of hydrogen-bond acceptors (Lipinski definition) is 2. The zero-order chi connectivity index (χ0) is 13.7. The van der Waals surface area contributed by atoms with E-state index in [-0.39, 0.29) is 5.91 Å². The Bertz CT molecular complexity index is 496. The molecule has 3 heteroatoms. The quantitative estimate of drug-likeness (QED) is 0.915. The molecule has 1 aromatic rings. The van der Waals surface area contributed by atoms with Gasteiger partial charge in [-0.25, -0.2) is 0 Å². The molecule has 0 aliphatic heterocycles. The van der Waals surface area contributed by atoms with Crippen LogP contribution < -0.4 is 5.32 Å². The molecular weight excluding hydrogens is 250 g/mol. The second kappa shape index (κ2) is 4.37. The third kappa shape index (κ3) is 1.99.